The quantitative estimate of drug-likeness (QED) is 0.651. The monoisotopic (exact) mass is 370 g/mol. The zero-order chi connectivity index (χ0) is 19.8. The summed E-state index contributed by atoms with van der Waals surface area (Å²) in [7, 11) is 0. The van der Waals surface area contributed by atoms with E-state index in [9.17, 15) is 10.1 Å². The van der Waals surface area contributed by atoms with Crippen LogP contribution in [0.3, 0.4) is 0 Å². The fraction of sp³-hybridized carbons (Fsp3) is 0.261. The number of anilines is 1. The molecule has 140 valence electrons. The third kappa shape index (κ3) is 3.07. The van der Waals surface area contributed by atoms with Crippen LogP contribution in [-0.2, 0) is 13.0 Å². The maximum Gasteiger partial charge on any atom is 0.159 e. The van der Waals surface area contributed by atoms with E-state index >= 15 is 0 Å². The first-order valence-electron chi connectivity index (χ1n) is 9.42. The summed E-state index contributed by atoms with van der Waals surface area (Å²) in [4.78, 5) is 13.9. The van der Waals surface area contributed by atoms with Crippen LogP contribution in [0.4, 0.5) is 5.82 Å². The highest BCUT2D eigenvalue weighted by Gasteiger charge is 2.25. The van der Waals surface area contributed by atoms with E-state index in [1.807, 2.05) is 41.9 Å². The summed E-state index contributed by atoms with van der Waals surface area (Å²) in [6, 6.07) is 16.4. The smallest absolute Gasteiger partial charge is 0.159 e. The Labute approximate surface area is 164 Å². The van der Waals surface area contributed by atoms with Gasteiger partial charge in [-0.3, -0.25) is 4.79 Å². The summed E-state index contributed by atoms with van der Waals surface area (Å²) in [5, 5.41) is 14.4. The predicted molar refractivity (Wildman–Crippen MR) is 109 cm³/mol. The van der Waals surface area contributed by atoms with Gasteiger partial charge in [-0.25, -0.2) is 4.68 Å². The lowest BCUT2D eigenvalue weighted by molar-refractivity contribution is 0.101. The fourth-order valence-electron chi connectivity index (χ4n) is 3.76. The van der Waals surface area contributed by atoms with E-state index in [4.69, 9.17) is 0 Å². The van der Waals surface area contributed by atoms with Crippen molar-refractivity contribution in [1.29, 1.82) is 5.26 Å². The number of nitriles is 1. The van der Waals surface area contributed by atoms with Crippen molar-refractivity contribution in [2.45, 2.75) is 33.7 Å². The Kier molecular flexibility index (Phi) is 4.48. The number of aromatic nitrogens is 2. The van der Waals surface area contributed by atoms with Crippen molar-refractivity contribution in [2.24, 2.45) is 0 Å². The van der Waals surface area contributed by atoms with E-state index in [0.717, 1.165) is 35.7 Å². The minimum Gasteiger partial charge on any atom is -0.351 e. The Morgan fingerprint density at radius 1 is 1.11 bits per heavy atom. The molecule has 0 radical (unpaired) electrons. The molecule has 3 aromatic rings. The molecule has 0 fully saturated rings. The van der Waals surface area contributed by atoms with Crippen molar-refractivity contribution < 1.29 is 4.79 Å². The molecule has 0 N–H and O–H groups in total. The number of rotatable bonds is 3. The molecular weight excluding hydrogens is 348 g/mol. The molecule has 0 saturated carbocycles. The van der Waals surface area contributed by atoms with Crippen molar-refractivity contribution in [3.8, 4) is 11.8 Å². The van der Waals surface area contributed by atoms with E-state index in [-0.39, 0.29) is 5.78 Å². The number of benzene rings is 2. The topological polar surface area (TPSA) is 61.9 Å². The van der Waals surface area contributed by atoms with E-state index in [0.29, 0.717) is 12.1 Å². The lowest BCUT2D eigenvalue weighted by Gasteiger charge is -2.31. The molecule has 0 spiro atoms. The van der Waals surface area contributed by atoms with E-state index in [1.165, 1.54) is 16.7 Å². The number of Topliss-reactive ketones (excluding diaryl/α,β-unsaturated/α-hetero) is 1. The summed E-state index contributed by atoms with van der Waals surface area (Å²) in [5.74, 6) is 0.926. The number of carbonyl (C=O) groups excluding carboxylic acids is 1. The van der Waals surface area contributed by atoms with Gasteiger partial charge in [0, 0.05) is 18.7 Å². The summed E-state index contributed by atoms with van der Waals surface area (Å²) < 4.78 is 1.88. The number of aryl methyl sites for hydroxylation is 2. The van der Waals surface area contributed by atoms with E-state index < -0.39 is 0 Å². The largest absolute Gasteiger partial charge is 0.351 e. The van der Waals surface area contributed by atoms with Crippen molar-refractivity contribution >= 4 is 11.6 Å². The van der Waals surface area contributed by atoms with Gasteiger partial charge in [-0.15, -0.1) is 0 Å². The van der Waals surface area contributed by atoms with Gasteiger partial charge in [0.1, 0.15) is 11.6 Å². The standard InChI is InChI=1S/C23H22N4O/c1-15-4-8-21(9-5-15)27-23(22(13-24)16(2)25-27)26-11-10-19-12-18(17(3)28)6-7-20(19)14-26/h4-9,12H,10-11,14H2,1-3H3. The number of hydrogen-bond donors (Lipinski definition) is 0. The van der Waals surface area contributed by atoms with Gasteiger partial charge < -0.3 is 4.90 Å². The van der Waals surface area contributed by atoms with Gasteiger partial charge in [-0.05, 0) is 56.5 Å². The van der Waals surface area contributed by atoms with Crippen LogP contribution in [0.25, 0.3) is 5.69 Å². The number of ketones is 1. The maximum atomic E-state index is 11.7. The Balaban J connectivity index is 1.76. The molecule has 0 bridgehead atoms. The summed E-state index contributed by atoms with van der Waals surface area (Å²) in [6.07, 6.45) is 0.833. The summed E-state index contributed by atoms with van der Waals surface area (Å²) in [5.41, 5.74) is 6.63. The average Bonchev–Trinajstić information content (AvgIpc) is 3.03. The Morgan fingerprint density at radius 3 is 2.54 bits per heavy atom. The molecule has 5 heteroatoms. The van der Waals surface area contributed by atoms with Gasteiger partial charge in [0.2, 0.25) is 0 Å². The van der Waals surface area contributed by atoms with Crippen LogP contribution in [0.15, 0.2) is 42.5 Å². The number of hydrogen-bond acceptors (Lipinski definition) is 4. The van der Waals surface area contributed by atoms with Gasteiger partial charge in [-0.1, -0.05) is 29.8 Å². The van der Waals surface area contributed by atoms with E-state index in [2.05, 4.69) is 35.1 Å². The van der Waals surface area contributed by atoms with Crippen molar-refractivity contribution in [3.05, 3.63) is 76.0 Å². The van der Waals surface area contributed by atoms with Crippen LogP contribution in [-0.4, -0.2) is 22.1 Å². The third-order valence-corrected chi connectivity index (χ3v) is 5.35. The van der Waals surface area contributed by atoms with Crippen LogP contribution in [0.5, 0.6) is 0 Å². The molecule has 2 heterocycles. The zero-order valence-electron chi connectivity index (χ0n) is 16.4. The second-order valence-corrected chi connectivity index (χ2v) is 7.35. The minimum atomic E-state index is 0.0880. The molecule has 0 amide bonds. The highest BCUT2D eigenvalue weighted by atomic mass is 16.1. The molecule has 0 unspecified atom stereocenters. The minimum absolute atomic E-state index is 0.0880. The van der Waals surface area contributed by atoms with Crippen LogP contribution in [0, 0.1) is 25.2 Å². The number of nitrogens with zero attached hydrogens (tertiary/aromatic N) is 4. The molecule has 2 aromatic carbocycles. The molecular formula is C23H22N4O. The van der Waals surface area contributed by atoms with Gasteiger partial charge in [0.25, 0.3) is 0 Å². The lowest BCUT2D eigenvalue weighted by atomic mass is 9.96. The highest BCUT2D eigenvalue weighted by molar-refractivity contribution is 5.94. The van der Waals surface area contributed by atoms with Gasteiger partial charge in [0.05, 0.1) is 11.4 Å². The van der Waals surface area contributed by atoms with Crippen molar-refractivity contribution in [1.82, 2.24) is 9.78 Å². The second kappa shape index (κ2) is 6.97. The maximum absolute atomic E-state index is 11.7. The molecule has 0 aliphatic carbocycles. The molecule has 5 nitrogen and oxygen atoms in total. The Bertz CT molecular complexity index is 1100. The second-order valence-electron chi connectivity index (χ2n) is 7.35. The summed E-state index contributed by atoms with van der Waals surface area (Å²) >= 11 is 0. The summed E-state index contributed by atoms with van der Waals surface area (Å²) in [6.45, 7) is 7.00. The molecule has 0 atom stereocenters. The molecule has 1 aliphatic rings. The Hall–Kier alpha value is -3.39. The van der Waals surface area contributed by atoms with Crippen LogP contribution in [0.2, 0.25) is 0 Å². The fourth-order valence-corrected chi connectivity index (χ4v) is 3.76. The van der Waals surface area contributed by atoms with Gasteiger partial charge in [-0.2, -0.15) is 10.4 Å². The number of fused-ring (bicyclic) bond motifs is 1. The van der Waals surface area contributed by atoms with Gasteiger partial charge >= 0.3 is 0 Å². The normalized spacial score (nSPS) is 13.1. The van der Waals surface area contributed by atoms with Crippen LogP contribution < -0.4 is 4.90 Å². The zero-order valence-corrected chi connectivity index (χ0v) is 16.4. The predicted octanol–water partition coefficient (Wildman–Crippen LogP) is 4.13. The first-order chi connectivity index (χ1) is 13.5. The number of carbonyl (C=O) groups is 1. The lowest BCUT2D eigenvalue weighted by Crippen LogP contribution is -2.32. The van der Waals surface area contributed by atoms with Crippen molar-refractivity contribution in [3.63, 3.8) is 0 Å². The first-order valence-corrected chi connectivity index (χ1v) is 9.42. The first kappa shape index (κ1) is 18.0. The molecule has 4 rings (SSSR count). The Morgan fingerprint density at radius 2 is 1.86 bits per heavy atom. The van der Waals surface area contributed by atoms with E-state index in [1.54, 1.807) is 6.92 Å². The average molecular weight is 370 g/mol. The molecule has 1 aromatic heterocycles. The highest BCUT2D eigenvalue weighted by Crippen LogP contribution is 2.31. The van der Waals surface area contributed by atoms with Crippen LogP contribution in [0.1, 0.15) is 45.2 Å². The molecule has 0 saturated heterocycles. The van der Waals surface area contributed by atoms with Gasteiger partial charge in [0.15, 0.2) is 11.6 Å². The van der Waals surface area contributed by atoms with Crippen molar-refractivity contribution in [2.75, 3.05) is 11.4 Å². The molecule has 28 heavy (non-hydrogen) atoms. The third-order valence-electron chi connectivity index (χ3n) is 5.35. The molecule has 1 aliphatic heterocycles. The SMILES string of the molecule is CC(=O)c1ccc2c(c1)CCN(c1c(C#N)c(C)nn1-c1ccc(C)cc1)C2. The van der Waals surface area contributed by atoms with Crippen LogP contribution >= 0.6 is 0 Å².